The molecule has 0 bridgehead atoms. The van der Waals surface area contributed by atoms with Gasteiger partial charge in [0.25, 0.3) is 0 Å². The molecule has 1 aromatic carbocycles. The number of hydrogen-bond donors (Lipinski definition) is 2. The number of carbonyl (C=O) groups is 1. The molecule has 4 rings (SSSR count). The summed E-state index contributed by atoms with van der Waals surface area (Å²) in [7, 11) is 0. The molecule has 1 aliphatic heterocycles. The second-order valence-corrected chi connectivity index (χ2v) is 7.19. The minimum absolute atomic E-state index is 0.137. The Bertz CT molecular complexity index is 1100. The molecule has 2 aromatic heterocycles. The highest BCUT2D eigenvalue weighted by atomic mass is 35.5. The van der Waals surface area contributed by atoms with Crippen molar-refractivity contribution in [3.05, 3.63) is 75.8 Å². The second kappa shape index (κ2) is 7.48. The van der Waals surface area contributed by atoms with Crippen LogP contribution in [0.2, 0.25) is 5.02 Å². The zero-order valence-corrected chi connectivity index (χ0v) is 15.8. The van der Waals surface area contributed by atoms with E-state index in [2.05, 4.69) is 9.97 Å². The lowest BCUT2D eigenvalue weighted by molar-refractivity contribution is 0.202. The summed E-state index contributed by atoms with van der Waals surface area (Å²) in [5.41, 5.74) is 9.05. The molecule has 1 atom stereocenters. The zero-order chi connectivity index (χ0) is 19.7. The number of H-pyrrole nitrogens is 1. The van der Waals surface area contributed by atoms with Crippen LogP contribution >= 0.6 is 11.6 Å². The van der Waals surface area contributed by atoms with Crippen molar-refractivity contribution in [3.63, 3.8) is 0 Å². The van der Waals surface area contributed by atoms with Crippen LogP contribution in [-0.2, 0) is 0 Å². The van der Waals surface area contributed by atoms with Gasteiger partial charge in [-0.05, 0) is 48.2 Å². The van der Waals surface area contributed by atoms with Crippen LogP contribution in [0, 0.1) is 0 Å². The molecule has 2 amide bonds. The maximum Gasteiger partial charge on any atom is 0.315 e. The molecule has 0 spiro atoms. The molecule has 1 fully saturated rings. The number of benzene rings is 1. The average molecular weight is 395 g/mol. The smallest absolute Gasteiger partial charge is 0.315 e. The standard InChI is InChI=1S/C21H19ClN4O2/c22-16-5-2-1-4-15(16)17-11-14(12-20(27)25-17)13-7-8-24-18(10-13)19-6-3-9-26(19)21(23)28/h1-2,4-5,7-8,10-12,19H,3,6,9H2,(H2,23,28)(H,25,27). The Morgan fingerprint density at radius 3 is 2.79 bits per heavy atom. The summed E-state index contributed by atoms with van der Waals surface area (Å²) < 4.78 is 0. The fourth-order valence-corrected chi connectivity index (χ4v) is 3.92. The highest BCUT2D eigenvalue weighted by Gasteiger charge is 2.29. The van der Waals surface area contributed by atoms with Gasteiger partial charge < -0.3 is 15.6 Å². The van der Waals surface area contributed by atoms with E-state index in [0.29, 0.717) is 17.3 Å². The number of rotatable bonds is 3. The molecule has 1 aliphatic rings. The number of nitrogens with one attached hydrogen (secondary N) is 1. The summed E-state index contributed by atoms with van der Waals surface area (Å²) in [6.45, 7) is 0.633. The SMILES string of the molecule is NC(=O)N1CCCC1c1cc(-c2cc(-c3ccccc3Cl)[nH]c(=O)c2)ccn1. The van der Waals surface area contributed by atoms with Crippen LogP contribution in [0.1, 0.15) is 24.6 Å². The minimum atomic E-state index is -0.438. The lowest BCUT2D eigenvalue weighted by Gasteiger charge is -2.22. The molecule has 3 heterocycles. The Balaban J connectivity index is 1.75. The average Bonchev–Trinajstić information content (AvgIpc) is 3.18. The largest absolute Gasteiger partial charge is 0.351 e. The first kappa shape index (κ1) is 18.3. The first-order valence-corrected chi connectivity index (χ1v) is 9.42. The first-order chi connectivity index (χ1) is 13.5. The Labute approximate surface area is 167 Å². The summed E-state index contributed by atoms with van der Waals surface area (Å²) in [6, 6.07) is 14.0. The topological polar surface area (TPSA) is 92.1 Å². The van der Waals surface area contributed by atoms with Gasteiger partial charge >= 0.3 is 6.03 Å². The number of likely N-dealkylation sites (tertiary alicyclic amines) is 1. The first-order valence-electron chi connectivity index (χ1n) is 9.04. The van der Waals surface area contributed by atoms with Gasteiger partial charge in [-0.3, -0.25) is 9.78 Å². The van der Waals surface area contributed by atoms with E-state index in [1.807, 2.05) is 36.4 Å². The minimum Gasteiger partial charge on any atom is -0.351 e. The molecule has 3 aromatic rings. The van der Waals surface area contributed by atoms with E-state index in [1.165, 1.54) is 0 Å². The highest BCUT2D eigenvalue weighted by Crippen LogP contribution is 2.33. The molecule has 28 heavy (non-hydrogen) atoms. The van der Waals surface area contributed by atoms with Crippen molar-refractivity contribution in [2.45, 2.75) is 18.9 Å². The van der Waals surface area contributed by atoms with Gasteiger partial charge in [0.15, 0.2) is 0 Å². The molecule has 1 saturated heterocycles. The van der Waals surface area contributed by atoms with Crippen LogP contribution in [0.3, 0.4) is 0 Å². The Kier molecular flexibility index (Phi) is 4.88. The summed E-state index contributed by atoms with van der Waals surface area (Å²) in [6.07, 6.45) is 3.40. The van der Waals surface area contributed by atoms with Crippen LogP contribution < -0.4 is 11.3 Å². The number of nitrogens with two attached hydrogens (primary N) is 1. The fraction of sp³-hybridized carbons (Fsp3) is 0.190. The predicted octanol–water partition coefficient (Wildman–Crippen LogP) is 3.97. The molecule has 6 nitrogen and oxygen atoms in total. The maximum atomic E-state index is 12.3. The van der Waals surface area contributed by atoms with Gasteiger partial charge in [-0.15, -0.1) is 0 Å². The quantitative estimate of drug-likeness (QED) is 0.703. The molecular formula is C21H19ClN4O2. The van der Waals surface area contributed by atoms with Crippen molar-refractivity contribution in [2.75, 3.05) is 6.54 Å². The van der Waals surface area contributed by atoms with Gasteiger partial charge in [-0.1, -0.05) is 29.8 Å². The number of pyridine rings is 2. The van der Waals surface area contributed by atoms with Crippen molar-refractivity contribution >= 4 is 17.6 Å². The molecule has 0 aliphatic carbocycles. The van der Waals surface area contributed by atoms with Crippen LogP contribution in [0.15, 0.2) is 59.5 Å². The molecule has 3 N–H and O–H groups in total. The highest BCUT2D eigenvalue weighted by molar-refractivity contribution is 6.33. The molecule has 0 saturated carbocycles. The number of carbonyl (C=O) groups excluding carboxylic acids is 1. The van der Waals surface area contributed by atoms with Crippen LogP contribution in [-0.4, -0.2) is 27.4 Å². The number of aromatic amines is 1. The van der Waals surface area contributed by atoms with Gasteiger partial charge in [-0.2, -0.15) is 0 Å². The van der Waals surface area contributed by atoms with Crippen molar-refractivity contribution in [2.24, 2.45) is 5.73 Å². The maximum absolute atomic E-state index is 12.3. The Hall–Kier alpha value is -3.12. The van der Waals surface area contributed by atoms with Crippen LogP contribution in [0.4, 0.5) is 4.79 Å². The van der Waals surface area contributed by atoms with E-state index in [0.717, 1.165) is 35.2 Å². The third-order valence-electron chi connectivity index (χ3n) is 5.00. The second-order valence-electron chi connectivity index (χ2n) is 6.79. The van der Waals surface area contributed by atoms with Crippen LogP contribution in [0.25, 0.3) is 22.4 Å². The fourth-order valence-electron chi connectivity index (χ4n) is 3.68. The lowest BCUT2D eigenvalue weighted by atomic mass is 10.0. The number of primary amides is 1. The third kappa shape index (κ3) is 3.51. The zero-order valence-electron chi connectivity index (χ0n) is 15.1. The third-order valence-corrected chi connectivity index (χ3v) is 5.33. The van der Waals surface area contributed by atoms with E-state index in [4.69, 9.17) is 17.3 Å². The van der Waals surface area contributed by atoms with Crippen molar-refractivity contribution < 1.29 is 4.79 Å². The number of hydrogen-bond acceptors (Lipinski definition) is 3. The monoisotopic (exact) mass is 394 g/mol. The number of nitrogens with zero attached hydrogens (tertiary/aromatic N) is 2. The van der Waals surface area contributed by atoms with E-state index < -0.39 is 6.03 Å². The number of halogens is 1. The number of amides is 2. The number of urea groups is 1. The molecular weight excluding hydrogens is 376 g/mol. The molecule has 1 unspecified atom stereocenters. The Morgan fingerprint density at radius 1 is 1.18 bits per heavy atom. The number of aromatic nitrogens is 2. The molecule has 142 valence electrons. The normalized spacial score (nSPS) is 16.3. The van der Waals surface area contributed by atoms with Gasteiger partial charge in [0, 0.05) is 29.4 Å². The predicted molar refractivity (Wildman–Crippen MR) is 109 cm³/mol. The van der Waals surface area contributed by atoms with E-state index in [1.54, 1.807) is 23.2 Å². The summed E-state index contributed by atoms with van der Waals surface area (Å²) in [5, 5.41) is 0.564. The van der Waals surface area contributed by atoms with E-state index in [-0.39, 0.29) is 11.6 Å². The van der Waals surface area contributed by atoms with E-state index in [9.17, 15) is 9.59 Å². The Morgan fingerprint density at radius 2 is 2.00 bits per heavy atom. The van der Waals surface area contributed by atoms with Gasteiger partial charge in [0.1, 0.15) is 0 Å². The van der Waals surface area contributed by atoms with Gasteiger partial charge in [-0.25, -0.2) is 4.79 Å². The lowest BCUT2D eigenvalue weighted by Crippen LogP contribution is -2.35. The van der Waals surface area contributed by atoms with Crippen molar-refractivity contribution in [1.29, 1.82) is 0 Å². The van der Waals surface area contributed by atoms with Gasteiger partial charge in [0.05, 0.1) is 17.4 Å². The summed E-state index contributed by atoms with van der Waals surface area (Å²) >= 11 is 6.29. The molecule has 7 heteroatoms. The van der Waals surface area contributed by atoms with E-state index >= 15 is 0 Å². The summed E-state index contributed by atoms with van der Waals surface area (Å²) in [5.74, 6) is 0. The van der Waals surface area contributed by atoms with Crippen molar-refractivity contribution in [3.8, 4) is 22.4 Å². The van der Waals surface area contributed by atoms with Gasteiger partial charge in [0.2, 0.25) is 5.56 Å². The van der Waals surface area contributed by atoms with Crippen molar-refractivity contribution in [1.82, 2.24) is 14.9 Å². The summed E-state index contributed by atoms with van der Waals surface area (Å²) in [4.78, 5) is 32.9. The van der Waals surface area contributed by atoms with Crippen LogP contribution in [0.5, 0.6) is 0 Å². The molecule has 0 radical (unpaired) electrons.